The van der Waals surface area contributed by atoms with Crippen molar-refractivity contribution in [3.05, 3.63) is 90.5 Å². The summed E-state index contributed by atoms with van der Waals surface area (Å²) < 4.78 is 17.2. The maximum atomic E-state index is 14.1. The first kappa shape index (κ1) is 35.0. The fourth-order valence-electron chi connectivity index (χ4n) is 5.28. The van der Waals surface area contributed by atoms with E-state index in [-0.39, 0.29) is 42.7 Å². The van der Waals surface area contributed by atoms with E-state index in [1.807, 2.05) is 102 Å². The molecule has 0 spiro atoms. The highest BCUT2D eigenvalue weighted by Crippen LogP contribution is 2.35. The fraction of sp³-hybridized carbons (Fsp3) is 0.432. The van der Waals surface area contributed by atoms with E-state index in [9.17, 15) is 14.4 Å². The van der Waals surface area contributed by atoms with Crippen LogP contribution in [0, 0.1) is 23.2 Å². The van der Waals surface area contributed by atoms with Crippen LogP contribution in [0.5, 0.6) is 0 Å². The third-order valence-electron chi connectivity index (χ3n) is 7.44. The van der Waals surface area contributed by atoms with Gasteiger partial charge in [0.05, 0.1) is 24.2 Å². The molecule has 0 aromatic heterocycles. The Kier molecular flexibility index (Phi) is 13.1. The van der Waals surface area contributed by atoms with Crippen molar-refractivity contribution >= 4 is 41.7 Å². The lowest BCUT2D eigenvalue weighted by Crippen LogP contribution is -2.37. The molecule has 0 N–H and O–H groups in total. The number of rotatable bonds is 14. The summed E-state index contributed by atoms with van der Waals surface area (Å²) in [5.74, 6) is -1.32. The molecule has 0 saturated heterocycles. The lowest BCUT2D eigenvalue weighted by atomic mass is 9.85. The summed E-state index contributed by atoms with van der Waals surface area (Å²) in [6, 6.07) is 28.1. The number of ether oxygens (including phenoxy) is 3. The van der Waals surface area contributed by atoms with Crippen LogP contribution in [0.1, 0.15) is 71.7 Å². The van der Waals surface area contributed by atoms with Crippen LogP contribution in [-0.4, -0.2) is 37.2 Å². The van der Waals surface area contributed by atoms with Crippen molar-refractivity contribution in [2.24, 2.45) is 23.2 Å². The Labute approximate surface area is 264 Å². The van der Waals surface area contributed by atoms with Gasteiger partial charge in [0.15, 0.2) is 0 Å². The fourth-order valence-corrected chi connectivity index (χ4v) is 7.71. The van der Waals surface area contributed by atoms with Gasteiger partial charge in [0.1, 0.15) is 6.10 Å². The summed E-state index contributed by atoms with van der Waals surface area (Å²) >= 11 is 0. The SMILES string of the molecule is CCOC(=O)C[C@@H](C)C[C@H](C)[C@@H](OC(=O)c1ccccc1P(c1ccccc1)c1ccccc1)[C@H](C)COC(=O)C(C)(C)C. The van der Waals surface area contributed by atoms with Crippen LogP contribution in [0.2, 0.25) is 0 Å². The van der Waals surface area contributed by atoms with E-state index in [2.05, 4.69) is 24.3 Å². The Morgan fingerprint density at radius 3 is 1.84 bits per heavy atom. The summed E-state index contributed by atoms with van der Waals surface area (Å²) in [6.07, 6.45) is 0.372. The predicted molar refractivity (Wildman–Crippen MR) is 178 cm³/mol. The summed E-state index contributed by atoms with van der Waals surface area (Å²) in [7, 11) is -1.03. The minimum absolute atomic E-state index is 0.0193. The highest BCUT2D eigenvalue weighted by molar-refractivity contribution is 7.80. The van der Waals surface area contributed by atoms with E-state index < -0.39 is 25.4 Å². The maximum absolute atomic E-state index is 14.1. The number of carbonyl (C=O) groups excluding carboxylic acids is 3. The van der Waals surface area contributed by atoms with Gasteiger partial charge in [-0.25, -0.2) is 4.79 Å². The van der Waals surface area contributed by atoms with Gasteiger partial charge in [-0.2, -0.15) is 0 Å². The van der Waals surface area contributed by atoms with Crippen LogP contribution in [0.15, 0.2) is 84.9 Å². The first-order chi connectivity index (χ1) is 20.9. The van der Waals surface area contributed by atoms with Crippen LogP contribution in [0.25, 0.3) is 0 Å². The lowest BCUT2D eigenvalue weighted by molar-refractivity contribution is -0.156. The highest BCUT2D eigenvalue weighted by atomic mass is 31.1. The molecule has 0 unspecified atom stereocenters. The van der Waals surface area contributed by atoms with Gasteiger partial charge in [0.25, 0.3) is 0 Å². The molecular weight excluding hydrogens is 571 g/mol. The van der Waals surface area contributed by atoms with Crippen molar-refractivity contribution in [3.63, 3.8) is 0 Å². The zero-order chi connectivity index (χ0) is 32.3. The third-order valence-corrected chi connectivity index (χ3v) is 9.94. The van der Waals surface area contributed by atoms with Gasteiger partial charge in [0, 0.05) is 12.3 Å². The summed E-state index contributed by atoms with van der Waals surface area (Å²) in [6.45, 7) is 13.6. The first-order valence-corrected chi connectivity index (χ1v) is 16.8. The van der Waals surface area contributed by atoms with Gasteiger partial charge in [-0.15, -0.1) is 0 Å². The molecule has 0 heterocycles. The number of carbonyl (C=O) groups is 3. The zero-order valence-corrected chi connectivity index (χ0v) is 28.0. The molecule has 0 radical (unpaired) electrons. The molecule has 0 bridgehead atoms. The first-order valence-electron chi connectivity index (χ1n) is 15.4. The van der Waals surface area contributed by atoms with Gasteiger partial charge in [-0.05, 0) is 75.9 Å². The Balaban J connectivity index is 1.93. The van der Waals surface area contributed by atoms with E-state index in [4.69, 9.17) is 14.2 Å². The molecule has 3 aromatic rings. The molecule has 7 heteroatoms. The second-order valence-electron chi connectivity index (χ2n) is 12.5. The molecule has 0 aliphatic carbocycles. The normalized spacial score (nSPS) is 14.3. The Morgan fingerprint density at radius 2 is 1.30 bits per heavy atom. The lowest BCUT2D eigenvalue weighted by Gasteiger charge is -2.32. The van der Waals surface area contributed by atoms with Gasteiger partial charge in [-0.3, -0.25) is 9.59 Å². The van der Waals surface area contributed by atoms with E-state index in [0.717, 1.165) is 15.9 Å². The average molecular weight is 619 g/mol. The second-order valence-corrected chi connectivity index (χ2v) is 14.7. The molecule has 4 atom stereocenters. The van der Waals surface area contributed by atoms with Gasteiger partial charge < -0.3 is 14.2 Å². The molecule has 0 fully saturated rings. The van der Waals surface area contributed by atoms with E-state index in [1.165, 1.54) is 0 Å². The van der Waals surface area contributed by atoms with Gasteiger partial charge in [-0.1, -0.05) is 99.6 Å². The molecule has 3 rings (SSSR count). The smallest absolute Gasteiger partial charge is 0.339 e. The molecule has 0 aliphatic rings. The molecule has 0 amide bonds. The standard InChI is InChI=1S/C37H47O6P/c1-8-41-33(38)24-26(2)23-27(3)34(28(4)25-42-36(40)37(5,6)7)43-35(39)31-21-15-16-22-32(31)44(29-17-11-9-12-18-29)30-19-13-10-14-20-30/h9-22,26-28,34H,8,23-25H2,1-7H3/t26-,27-,28+,34+/m0/s1. The topological polar surface area (TPSA) is 78.9 Å². The van der Waals surface area contributed by atoms with E-state index in [1.54, 1.807) is 6.92 Å². The predicted octanol–water partition coefficient (Wildman–Crippen LogP) is 6.81. The Morgan fingerprint density at radius 1 is 0.750 bits per heavy atom. The molecular formula is C37H47O6P. The van der Waals surface area contributed by atoms with Crippen molar-refractivity contribution in [1.82, 2.24) is 0 Å². The van der Waals surface area contributed by atoms with Crippen molar-refractivity contribution in [1.29, 1.82) is 0 Å². The van der Waals surface area contributed by atoms with Crippen LogP contribution in [-0.2, 0) is 23.8 Å². The Hall–Kier alpha value is -3.50. The van der Waals surface area contributed by atoms with E-state index in [0.29, 0.717) is 18.6 Å². The Bertz CT molecular complexity index is 1310. The molecule has 236 valence electrons. The van der Waals surface area contributed by atoms with Crippen LogP contribution >= 0.6 is 7.92 Å². The molecule has 44 heavy (non-hydrogen) atoms. The van der Waals surface area contributed by atoms with Crippen LogP contribution in [0.4, 0.5) is 0 Å². The number of hydrogen-bond donors (Lipinski definition) is 0. The average Bonchev–Trinajstić information content (AvgIpc) is 2.99. The van der Waals surface area contributed by atoms with Crippen molar-refractivity contribution in [2.75, 3.05) is 13.2 Å². The second kappa shape index (κ2) is 16.5. The van der Waals surface area contributed by atoms with Crippen LogP contribution < -0.4 is 15.9 Å². The van der Waals surface area contributed by atoms with Crippen molar-refractivity contribution in [2.45, 2.75) is 67.4 Å². The van der Waals surface area contributed by atoms with Gasteiger partial charge >= 0.3 is 17.9 Å². The number of hydrogen-bond acceptors (Lipinski definition) is 6. The summed E-state index contributed by atoms with van der Waals surface area (Å²) in [4.78, 5) is 38.8. The summed E-state index contributed by atoms with van der Waals surface area (Å²) in [5, 5.41) is 3.18. The molecule has 0 aliphatic heterocycles. The van der Waals surface area contributed by atoms with Crippen molar-refractivity contribution < 1.29 is 28.6 Å². The number of benzene rings is 3. The summed E-state index contributed by atoms with van der Waals surface area (Å²) in [5.41, 5.74) is -0.126. The largest absolute Gasteiger partial charge is 0.466 e. The zero-order valence-electron chi connectivity index (χ0n) is 27.1. The van der Waals surface area contributed by atoms with E-state index >= 15 is 0 Å². The quantitative estimate of drug-likeness (QED) is 0.112. The third kappa shape index (κ3) is 10.0. The van der Waals surface area contributed by atoms with Crippen LogP contribution in [0.3, 0.4) is 0 Å². The number of esters is 3. The molecule has 6 nitrogen and oxygen atoms in total. The molecule has 3 aromatic carbocycles. The minimum Gasteiger partial charge on any atom is -0.466 e. The molecule has 0 saturated carbocycles. The highest BCUT2D eigenvalue weighted by Gasteiger charge is 2.33. The van der Waals surface area contributed by atoms with Crippen molar-refractivity contribution in [3.8, 4) is 0 Å². The maximum Gasteiger partial charge on any atom is 0.339 e. The van der Waals surface area contributed by atoms with Gasteiger partial charge in [0.2, 0.25) is 0 Å². The minimum atomic E-state index is -1.03. The monoisotopic (exact) mass is 618 g/mol.